The highest BCUT2D eigenvalue weighted by molar-refractivity contribution is 6.05. The first-order valence-corrected chi connectivity index (χ1v) is 7.34. The van der Waals surface area contributed by atoms with E-state index in [9.17, 15) is 9.59 Å². The minimum absolute atomic E-state index is 0.267. The Labute approximate surface area is 138 Å². The van der Waals surface area contributed by atoms with Crippen LogP contribution in [-0.2, 0) is 0 Å². The summed E-state index contributed by atoms with van der Waals surface area (Å²) < 4.78 is 5.19. The number of anilines is 1. The van der Waals surface area contributed by atoms with Crippen LogP contribution < -0.4 is 10.9 Å². The molecule has 0 aliphatic carbocycles. The van der Waals surface area contributed by atoms with Crippen LogP contribution in [0, 0.1) is 25.2 Å². The molecule has 0 aliphatic rings. The van der Waals surface area contributed by atoms with Crippen molar-refractivity contribution in [3.63, 3.8) is 0 Å². The van der Waals surface area contributed by atoms with Gasteiger partial charge in [-0.05, 0) is 61.4 Å². The second-order valence-corrected chi connectivity index (χ2v) is 5.56. The Hall–Kier alpha value is -3.39. The van der Waals surface area contributed by atoms with Crippen molar-refractivity contribution in [3.8, 4) is 6.07 Å². The van der Waals surface area contributed by atoms with Crippen LogP contribution in [0.1, 0.15) is 27.0 Å². The summed E-state index contributed by atoms with van der Waals surface area (Å²) in [6.07, 6.45) is 0. The number of hydrogen-bond acceptors (Lipinski definition) is 4. The summed E-state index contributed by atoms with van der Waals surface area (Å²) in [5, 5.41) is 12.4. The molecule has 3 aromatic rings. The molecule has 0 unspecified atom stereocenters. The van der Waals surface area contributed by atoms with Gasteiger partial charge in [0.05, 0.1) is 11.6 Å². The van der Waals surface area contributed by atoms with Gasteiger partial charge < -0.3 is 9.73 Å². The molecule has 1 N–H and O–H groups in total. The Morgan fingerprint density at radius 2 is 1.79 bits per heavy atom. The highest BCUT2D eigenvalue weighted by Gasteiger charge is 2.11. The van der Waals surface area contributed by atoms with Crippen LogP contribution in [0.3, 0.4) is 0 Å². The van der Waals surface area contributed by atoms with Gasteiger partial charge in [0.15, 0.2) is 0 Å². The van der Waals surface area contributed by atoms with Crippen molar-refractivity contribution in [1.82, 2.24) is 0 Å². The average molecular weight is 318 g/mol. The molecule has 3 rings (SSSR count). The van der Waals surface area contributed by atoms with Crippen LogP contribution in [0.25, 0.3) is 11.0 Å². The smallest absolute Gasteiger partial charge is 0.336 e. The number of aryl methyl sites for hydroxylation is 2. The van der Waals surface area contributed by atoms with E-state index in [4.69, 9.17) is 9.68 Å². The highest BCUT2D eigenvalue weighted by Crippen LogP contribution is 2.25. The van der Waals surface area contributed by atoms with E-state index in [-0.39, 0.29) is 5.91 Å². The molecule has 5 heteroatoms. The molecule has 0 bridgehead atoms. The molecule has 5 nitrogen and oxygen atoms in total. The normalized spacial score (nSPS) is 10.4. The summed E-state index contributed by atoms with van der Waals surface area (Å²) in [6.45, 7) is 3.65. The summed E-state index contributed by atoms with van der Waals surface area (Å²) in [5.74, 6) is -0.267. The molecule has 0 fully saturated rings. The van der Waals surface area contributed by atoms with Gasteiger partial charge in [0.1, 0.15) is 5.58 Å². The lowest BCUT2D eigenvalue weighted by atomic mass is 10.1. The zero-order chi connectivity index (χ0) is 17.3. The van der Waals surface area contributed by atoms with Gasteiger partial charge in [-0.15, -0.1) is 0 Å². The van der Waals surface area contributed by atoms with Gasteiger partial charge in [-0.25, -0.2) is 4.79 Å². The third kappa shape index (κ3) is 2.90. The van der Waals surface area contributed by atoms with E-state index in [1.807, 2.05) is 19.9 Å². The zero-order valence-electron chi connectivity index (χ0n) is 13.2. The molecule has 1 aromatic heterocycles. The summed E-state index contributed by atoms with van der Waals surface area (Å²) in [6, 6.07) is 13.4. The number of hydrogen-bond donors (Lipinski definition) is 1. The minimum atomic E-state index is -0.395. The molecular weight excluding hydrogens is 304 g/mol. The first-order chi connectivity index (χ1) is 11.5. The number of fused-ring (bicyclic) bond motifs is 1. The molecule has 0 atom stereocenters. The van der Waals surface area contributed by atoms with E-state index in [0.717, 1.165) is 16.5 Å². The van der Waals surface area contributed by atoms with Gasteiger partial charge in [0, 0.05) is 22.7 Å². The number of nitriles is 1. The number of nitrogens with zero attached hydrogens (tertiary/aromatic N) is 1. The van der Waals surface area contributed by atoms with Crippen molar-refractivity contribution in [2.24, 2.45) is 0 Å². The number of carbonyl (C=O) groups excluding carboxylic acids is 1. The predicted octanol–water partition coefficient (Wildman–Crippen LogP) is 3.53. The molecule has 0 radical (unpaired) electrons. The van der Waals surface area contributed by atoms with Crippen LogP contribution in [0.2, 0.25) is 0 Å². The van der Waals surface area contributed by atoms with Gasteiger partial charge in [0.25, 0.3) is 5.91 Å². The molecule has 1 heterocycles. The second kappa shape index (κ2) is 6.01. The quantitative estimate of drug-likeness (QED) is 0.733. The Morgan fingerprint density at radius 3 is 2.46 bits per heavy atom. The van der Waals surface area contributed by atoms with E-state index in [1.165, 1.54) is 6.07 Å². The third-order valence-corrected chi connectivity index (χ3v) is 3.82. The Morgan fingerprint density at radius 1 is 1.08 bits per heavy atom. The van der Waals surface area contributed by atoms with Crippen molar-refractivity contribution in [3.05, 3.63) is 75.1 Å². The molecule has 2 aromatic carbocycles. The van der Waals surface area contributed by atoms with E-state index in [2.05, 4.69) is 5.32 Å². The van der Waals surface area contributed by atoms with Gasteiger partial charge in [-0.2, -0.15) is 5.26 Å². The first-order valence-electron chi connectivity index (χ1n) is 7.34. The Kier molecular flexibility index (Phi) is 3.88. The van der Waals surface area contributed by atoms with Gasteiger partial charge in [-0.3, -0.25) is 4.79 Å². The summed E-state index contributed by atoms with van der Waals surface area (Å²) in [7, 11) is 0. The van der Waals surface area contributed by atoms with E-state index < -0.39 is 5.63 Å². The third-order valence-electron chi connectivity index (χ3n) is 3.82. The van der Waals surface area contributed by atoms with Gasteiger partial charge in [-0.1, -0.05) is 0 Å². The fraction of sp³-hybridized carbons (Fsp3) is 0.105. The van der Waals surface area contributed by atoms with Crippen molar-refractivity contribution in [1.29, 1.82) is 5.26 Å². The first kappa shape index (κ1) is 15.5. The number of benzene rings is 2. The number of amides is 1. The van der Waals surface area contributed by atoms with Crippen LogP contribution in [0.5, 0.6) is 0 Å². The predicted molar refractivity (Wildman–Crippen MR) is 91.1 cm³/mol. The number of carbonyl (C=O) groups is 1. The Bertz CT molecular complexity index is 1040. The molecule has 0 saturated carbocycles. The van der Waals surface area contributed by atoms with Gasteiger partial charge in [0.2, 0.25) is 0 Å². The monoisotopic (exact) mass is 318 g/mol. The van der Waals surface area contributed by atoms with Gasteiger partial charge >= 0.3 is 5.63 Å². The highest BCUT2D eigenvalue weighted by atomic mass is 16.4. The lowest BCUT2D eigenvalue weighted by Crippen LogP contribution is -2.13. The van der Waals surface area contributed by atoms with Crippen molar-refractivity contribution < 1.29 is 9.21 Å². The molecule has 1 amide bonds. The minimum Gasteiger partial charge on any atom is -0.423 e. The lowest BCUT2D eigenvalue weighted by Gasteiger charge is -2.11. The van der Waals surface area contributed by atoms with Crippen LogP contribution in [-0.4, -0.2) is 5.91 Å². The molecule has 0 saturated heterocycles. The lowest BCUT2D eigenvalue weighted by molar-refractivity contribution is 0.102. The fourth-order valence-electron chi connectivity index (χ4n) is 2.49. The maximum atomic E-state index is 12.4. The Balaban J connectivity index is 1.97. The second-order valence-electron chi connectivity index (χ2n) is 5.56. The molecule has 0 aliphatic heterocycles. The van der Waals surface area contributed by atoms with Crippen molar-refractivity contribution in [2.45, 2.75) is 13.8 Å². The maximum absolute atomic E-state index is 12.4. The number of nitrogens with one attached hydrogen (secondary N) is 1. The van der Waals surface area contributed by atoms with Crippen molar-refractivity contribution >= 4 is 22.6 Å². The average Bonchev–Trinajstić information content (AvgIpc) is 2.56. The summed E-state index contributed by atoms with van der Waals surface area (Å²) in [5.41, 5.74) is 3.29. The molecule has 118 valence electrons. The SMILES string of the molecule is Cc1cc2oc(=O)cc(C)c2cc1NC(=O)c1ccc(C#N)cc1. The summed E-state index contributed by atoms with van der Waals surface area (Å²) >= 11 is 0. The van der Waals surface area contributed by atoms with Crippen molar-refractivity contribution in [2.75, 3.05) is 5.32 Å². The van der Waals surface area contributed by atoms with E-state index in [1.54, 1.807) is 36.4 Å². The van der Waals surface area contributed by atoms with E-state index in [0.29, 0.717) is 22.4 Å². The maximum Gasteiger partial charge on any atom is 0.336 e. The van der Waals surface area contributed by atoms with Crippen LogP contribution in [0.15, 0.2) is 51.7 Å². The number of rotatable bonds is 2. The summed E-state index contributed by atoms with van der Waals surface area (Å²) in [4.78, 5) is 23.8. The largest absolute Gasteiger partial charge is 0.423 e. The van der Waals surface area contributed by atoms with Crippen LogP contribution >= 0.6 is 0 Å². The zero-order valence-corrected chi connectivity index (χ0v) is 13.2. The van der Waals surface area contributed by atoms with E-state index >= 15 is 0 Å². The topological polar surface area (TPSA) is 83.1 Å². The standard InChI is InChI=1S/C19H14N2O3/c1-11-8-18(22)24-17-7-12(2)16(9-15(11)17)21-19(23)14-5-3-13(10-20)4-6-14/h3-9H,1-2H3,(H,21,23). The molecule has 0 spiro atoms. The van der Waals surface area contributed by atoms with Crippen LogP contribution in [0.4, 0.5) is 5.69 Å². The molecule has 24 heavy (non-hydrogen) atoms. The molecular formula is C19H14N2O3. The fourth-order valence-corrected chi connectivity index (χ4v) is 2.49.